The van der Waals surface area contributed by atoms with Crippen LogP contribution >= 0.6 is 15.9 Å². The van der Waals surface area contributed by atoms with Crippen molar-refractivity contribution in [2.24, 2.45) is 12.8 Å². The minimum Gasteiger partial charge on any atom is -0.324 e. The van der Waals surface area contributed by atoms with E-state index in [1.807, 2.05) is 37.0 Å². The van der Waals surface area contributed by atoms with Crippen LogP contribution in [-0.2, 0) is 13.5 Å². The molecule has 0 radical (unpaired) electrons. The molecule has 2 aromatic rings. The second-order valence-electron chi connectivity index (χ2n) is 4.28. The molecule has 0 aliphatic carbocycles. The maximum absolute atomic E-state index is 6.21. The van der Waals surface area contributed by atoms with Crippen LogP contribution < -0.4 is 5.73 Å². The lowest BCUT2D eigenvalue weighted by Gasteiger charge is -2.10. The van der Waals surface area contributed by atoms with Crippen molar-refractivity contribution in [3.8, 4) is 0 Å². The van der Waals surface area contributed by atoms with Gasteiger partial charge in [0.25, 0.3) is 0 Å². The van der Waals surface area contributed by atoms with Crippen molar-refractivity contribution >= 4 is 15.9 Å². The maximum Gasteiger partial charge on any atom is 0.0641 e. The first kappa shape index (κ1) is 12.3. The predicted octanol–water partition coefficient (Wildman–Crippen LogP) is 2.73. The fourth-order valence-electron chi connectivity index (χ4n) is 1.97. The van der Waals surface area contributed by atoms with Crippen LogP contribution in [0.25, 0.3) is 0 Å². The van der Waals surface area contributed by atoms with Crippen molar-refractivity contribution in [1.29, 1.82) is 0 Å². The molecule has 0 fully saturated rings. The first-order chi connectivity index (χ1) is 8.06. The van der Waals surface area contributed by atoms with Crippen LogP contribution in [0.1, 0.15) is 22.9 Å². The van der Waals surface area contributed by atoms with E-state index in [0.29, 0.717) is 0 Å². The summed E-state index contributed by atoms with van der Waals surface area (Å²) in [7, 11) is 1.92. The highest BCUT2D eigenvalue weighted by atomic mass is 79.9. The summed E-state index contributed by atoms with van der Waals surface area (Å²) in [5.41, 5.74) is 9.59. The van der Waals surface area contributed by atoms with Crippen molar-refractivity contribution in [3.63, 3.8) is 0 Å². The normalized spacial score (nSPS) is 12.7. The number of nitrogens with zero attached hydrogens (tertiary/aromatic N) is 2. The molecule has 0 saturated carbocycles. The molecule has 2 N–H and O–H groups in total. The fraction of sp³-hybridized carbons (Fsp3) is 0.308. The van der Waals surface area contributed by atoms with E-state index < -0.39 is 0 Å². The molecule has 1 atom stereocenters. The van der Waals surface area contributed by atoms with Crippen molar-refractivity contribution < 1.29 is 0 Å². The van der Waals surface area contributed by atoms with Crippen molar-refractivity contribution in [3.05, 3.63) is 51.8 Å². The highest BCUT2D eigenvalue weighted by molar-refractivity contribution is 9.10. The summed E-state index contributed by atoms with van der Waals surface area (Å²) in [6.07, 6.45) is 2.83. The van der Waals surface area contributed by atoms with Crippen LogP contribution in [0.2, 0.25) is 0 Å². The molecular weight excluding hydrogens is 278 g/mol. The summed E-state index contributed by atoms with van der Waals surface area (Å²) in [6, 6.07) is 8.27. The molecule has 0 aliphatic heterocycles. The van der Waals surface area contributed by atoms with Crippen molar-refractivity contribution in [2.45, 2.75) is 19.4 Å². The lowest BCUT2D eigenvalue weighted by Crippen LogP contribution is -2.13. The third kappa shape index (κ3) is 2.96. The number of nitrogens with two attached hydrogens (primary N) is 1. The summed E-state index contributed by atoms with van der Waals surface area (Å²) < 4.78 is 2.90. The Labute approximate surface area is 110 Å². The van der Waals surface area contributed by atoms with Gasteiger partial charge in [0.15, 0.2) is 0 Å². The summed E-state index contributed by atoms with van der Waals surface area (Å²) >= 11 is 3.43. The molecule has 2 rings (SSSR count). The molecule has 0 aliphatic rings. The molecule has 0 amide bonds. The first-order valence-electron chi connectivity index (χ1n) is 5.56. The molecule has 0 bridgehead atoms. The van der Waals surface area contributed by atoms with Gasteiger partial charge in [0.1, 0.15) is 0 Å². The van der Waals surface area contributed by atoms with Crippen LogP contribution in [-0.4, -0.2) is 9.78 Å². The first-order valence-corrected chi connectivity index (χ1v) is 6.35. The minimum absolute atomic E-state index is 0.00451. The van der Waals surface area contributed by atoms with Crippen LogP contribution in [0.3, 0.4) is 0 Å². The Bertz CT molecular complexity index is 502. The van der Waals surface area contributed by atoms with Crippen molar-refractivity contribution in [2.75, 3.05) is 0 Å². The van der Waals surface area contributed by atoms with E-state index in [4.69, 9.17) is 5.73 Å². The minimum atomic E-state index is 0.00451. The van der Waals surface area contributed by atoms with E-state index in [0.717, 1.165) is 22.2 Å². The Morgan fingerprint density at radius 2 is 2.00 bits per heavy atom. The second kappa shape index (κ2) is 5.02. The van der Waals surface area contributed by atoms with Gasteiger partial charge in [-0.15, -0.1) is 0 Å². The molecular formula is C13H16BrN3. The average molecular weight is 294 g/mol. The monoisotopic (exact) mass is 293 g/mol. The summed E-state index contributed by atoms with van der Waals surface area (Å²) in [6.45, 7) is 2.00. The number of benzene rings is 1. The molecule has 1 heterocycles. The van der Waals surface area contributed by atoms with Gasteiger partial charge in [-0.1, -0.05) is 28.1 Å². The third-order valence-corrected chi connectivity index (χ3v) is 3.35. The average Bonchev–Trinajstić information content (AvgIpc) is 2.61. The van der Waals surface area contributed by atoms with Crippen molar-refractivity contribution in [1.82, 2.24) is 9.78 Å². The van der Waals surface area contributed by atoms with Gasteiger partial charge >= 0.3 is 0 Å². The number of rotatable bonds is 3. The van der Waals surface area contributed by atoms with E-state index in [1.165, 1.54) is 5.56 Å². The zero-order valence-corrected chi connectivity index (χ0v) is 11.6. The van der Waals surface area contributed by atoms with Gasteiger partial charge in [-0.25, -0.2) is 0 Å². The highest BCUT2D eigenvalue weighted by Gasteiger charge is 2.12. The lowest BCUT2D eigenvalue weighted by molar-refractivity contribution is 0.715. The van der Waals surface area contributed by atoms with Gasteiger partial charge < -0.3 is 5.73 Å². The standard InChI is InChI=1S/C13H16BrN3/c1-9-12(8-17(2)16-9)13(15)7-10-3-5-11(14)6-4-10/h3-6,8,13H,7,15H2,1-2H3. The molecule has 0 spiro atoms. The van der Waals surface area contributed by atoms with E-state index in [2.05, 4.69) is 33.2 Å². The zero-order valence-electron chi connectivity index (χ0n) is 10.0. The molecule has 1 unspecified atom stereocenters. The number of hydrogen-bond donors (Lipinski definition) is 1. The Morgan fingerprint density at radius 1 is 1.35 bits per heavy atom. The zero-order chi connectivity index (χ0) is 12.4. The Hall–Kier alpha value is -1.13. The van der Waals surface area contributed by atoms with E-state index in [-0.39, 0.29) is 6.04 Å². The van der Waals surface area contributed by atoms with Crippen LogP contribution in [0, 0.1) is 6.92 Å². The van der Waals surface area contributed by atoms with Crippen LogP contribution in [0.4, 0.5) is 0 Å². The summed E-state index contributed by atoms with van der Waals surface area (Å²) in [5.74, 6) is 0. The Balaban J connectivity index is 2.14. The SMILES string of the molecule is Cc1nn(C)cc1C(N)Cc1ccc(Br)cc1. The Morgan fingerprint density at radius 3 is 2.53 bits per heavy atom. The van der Waals surface area contributed by atoms with Gasteiger partial charge in [-0.05, 0) is 31.0 Å². The van der Waals surface area contributed by atoms with E-state index >= 15 is 0 Å². The highest BCUT2D eigenvalue weighted by Crippen LogP contribution is 2.19. The molecule has 1 aromatic carbocycles. The molecule has 17 heavy (non-hydrogen) atoms. The summed E-state index contributed by atoms with van der Waals surface area (Å²) in [4.78, 5) is 0. The topological polar surface area (TPSA) is 43.8 Å². The number of aromatic nitrogens is 2. The maximum atomic E-state index is 6.21. The second-order valence-corrected chi connectivity index (χ2v) is 5.20. The van der Waals surface area contributed by atoms with Gasteiger partial charge in [0, 0.05) is 29.3 Å². The fourth-order valence-corrected chi connectivity index (χ4v) is 2.23. The van der Waals surface area contributed by atoms with Crippen LogP contribution in [0.15, 0.2) is 34.9 Å². The number of aryl methyl sites for hydroxylation is 2. The van der Waals surface area contributed by atoms with E-state index in [1.54, 1.807) is 0 Å². The predicted molar refractivity (Wildman–Crippen MR) is 72.7 cm³/mol. The molecule has 1 aromatic heterocycles. The molecule has 4 heteroatoms. The summed E-state index contributed by atoms with van der Waals surface area (Å²) in [5, 5.41) is 4.32. The lowest BCUT2D eigenvalue weighted by atomic mass is 10.0. The third-order valence-electron chi connectivity index (χ3n) is 2.82. The molecule has 90 valence electrons. The van der Waals surface area contributed by atoms with E-state index in [9.17, 15) is 0 Å². The van der Waals surface area contributed by atoms with Gasteiger partial charge in [-0.2, -0.15) is 5.10 Å². The molecule has 0 saturated heterocycles. The number of hydrogen-bond acceptors (Lipinski definition) is 2. The number of halogens is 1. The van der Waals surface area contributed by atoms with Gasteiger partial charge in [-0.3, -0.25) is 4.68 Å². The molecule has 3 nitrogen and oxygen atoms in total. The quantitative estimate of drug-likeness (QED) is 0.946. The van der Waals surface area contributed by atoms with Gasteiger partial charge in [0.05, 0.1) is 5.69 Å². The smallest absolute Gasteiger partial charge is 0.0641 e. The Kier molecular flexibility index (Phi) is 3.64. The van der Waals surface area contributed by atoms with Crippen LogP contribution in [0.5, 0.6) is 0 Å². The van der Waals surface area contributed by atoms with Gasteiger partial charge in [0.2, 0.25) is 0 Å². The largest absolute Gasteiger partial charge is 0.324 e.